The quantitative estimate of drug-likeness (QED) is 0.609. The van der Waals surface area contributed by atoms with E-state index in [0.717, 1.165) is 37.3 Å². The molecular weight excluding hydrogens is 250 g/mol. The van der Waals surface area contributed by atoms with Gasteiger partial charge in [-0.2, -0.15) is 0 Å². The van der Waals surface area contributed by atoms with Crippen molar-refractivity contribution in [3.63, 3.8) is 0 Å². The molecule has 1 unspecified atom stereocenters. The summed E-state index contributed by atoms with van der Waals surface area (Å²) in [5.41, 5.74) is 1.16. The summed E-state index contributed by atoms with van der Waals surface area (Å²) in [6, 6.07) is 8.30. The van der Waals surface area contributed by atoms with Crippen LogP contribution in [0.1, 0.15) is 51.5 Å². The molecule has 0 heterocycles. The Labute approximate surface area is 123 Å². The summed E-state index contributed by atoms with van der Waals surface area (Å²) in [4.78, 5) is 0. The van der Waals surface area contributed by atoms with E-state index in [1.165, 1.54) is 19.3 Å². The maximum atomic E-state index is 9.20. The average Bonchev–Trinajstić information content (AvgIpc) is 2.49. The van der Waals surface area contributed by atoms with Crippen LogP contribution in [0.4, 0.5) is 0 Å². The van der Waals surface area contributed by atoms with Crippen molar-refractivity contribution in [3.05, 3.63) is 29.8 Å². The van der Waals surface area contributed by atoms with Crippen LogP contribution in [0.15, 0.2) is 24.3 Å². The van der Waals surface area contributed by atoms with E-state index in [-0.39, 0.29) is 12.6 Å². The highest BCUT2D eigenvalue weighted by Crippen LogP contribution is 2.18. The third-order valence-electron chi connectivity index (χ3n) is 3.52. The number of hydrogen-bond donors (Lipinski definition) is 2. The standard InChI is InChI=1S/C17H29NO2/c1-3-5-6-9-12-20-17-11-8-7-10-15(17)13-18-16(4-2)14-19/h7-8,10-11,16,18-19H,3-6,9,12-14H2,1-2H3. The van der Waals surface area contributed by atoms with Crippen LogP contribution in [-0.2, 0) is 6.54 Å². The third-order valence-corrected chi connectivity index (χ3v) is 3.52. The number of aliphatic hydroxyl groups excluding tert-OH is 1. The van der Waals surface area contributed by atoms with Gasteiger partial charge in [0, 0.05) is 18.2 Å². The first-order chi connectivity index (χ1) is 9.81. The van der Waals surface area contributed by atoms with Gasteiger partial charge in [-0.1, -0.05) is 51.3 Å². The smallest absolute Gasteiger partial charge is 0.123 e. The third kappa shape index (κ3) is 6.40. The van der Waals surface area contributed by atoms with Gasteiger partial charge in [-0.05, 0) is 18.9 Å². The maximum absolute atomic E-state index is 9.20. The summed E-state index contributed by atoms with van der Waals surface area (Å²) in [6.07, 6.45) is 5.81. The highest BCUT2D eigenvalue weighted by molar-refractivity contribution is 5.33. The number of para-hydroxylation sites is 1. The monoisotopic (exact) mass is 279 g/mol. The summed E-state index contributed by atoms with van der Waals surface area (Å²) in [6.45, 7) is 5.99. The molecule has 0 aromatic heterocycles. The Bertz CT molecular complexity index is 351. The normalized spacial score (nSPS) is 12.3. The molecule has 0 saturated heterocycles. The predicted octanol–water partition coefficient (Wildman–Crippen LogP) is 3.51. The Kier molecular flexibility index (Phi) is 9.09. The molecule has 3 nitrogen and oxygen atoms in total. The zero-order valence-electron chi connectivity index (χ0n) is 12.9. The first kappa shape index (κ1) is 17.0. The molecule has 0 aliphatic heterocycles. The van der Waals surface area contributed by atoms with Crippen molar-refractivity contribution in [1.82, 2.24) is 5.32 Å². The Morgan fingerprint density at radius 2 is 1.95 bits per heavy atom. The summed E-state index contributed by atoms with van der Waals surface area (Å²) in [5, 5.41) is 12.6. The van der Waals surface area contributed by atoms with Crippen LogP contribution in [0.5, 0.6) is 5.75 Å². The van der Waals surface area contributed by atoms with Gasteiger partial charge in [0.15, 0.2) is 0 Å². The zero-order chi connectivity index (χ0) is 14.6. The van der Waals surface area contributed by atoms with Crippen molar-refractivity contribution in [2.45, 2.75) is 58.5 Å². The van der Waals surface area contributed by atoms with E-state index in [0.29, 0.717) is 0 Å². The van der Waals surface area contributed by atoms with E-state index in [1.807, 2.05) is 18.2 Å². The summed E-state index contributed by atoms with van der Waals surface area (Å²) >= 11 is 0. The minimum Gasteiger partial charge on any atom is -0.493 e. The molecule has 114 valence electrons. The van der Waals surface area contributed by atoms with Gasteiger partial charge in [0.1, 0.15) is 5.75 Å². The second kappa shape index (κ2) is 10.7. The molecule has 1 aromatic carbocycles. The molecule has 0 spiro atoms. The lowest BCUT2D eigenvalue weighted by molar-refractivity contribution is 0.237. The van der Waals surface area contributed by atoms with E-state index >= 15 is 0 Å². The highest BCUT2D eigenvalue weighted by atomic mass is 16.5. The van der Waals surface area contributed by atoms with Crippen LogP contribution in [0.25, 0.3) is 0 Å². The fourth-order valence-corrected chi connectivity index (χ4v) is 2.09. The molecule has 0 aliphatic rings. The molecule has 2 N–H and O–H groups in total. The number of aliphatic hydroxyl groups is 1. The summed E-state index contributed by atoms with van der Waals surface area (Å²) < 4.78 is 5.88. The van der Waals surface area contributed by atoms with Crippen molar-refractivity contribution in [1.29, 1.82) is 0 Å². The van der Waals surface area contributed by atoms with Crippen LogP contribution in [0.2, 0.25) is 0 Å². The lowest BCUT2D eigenvalue weighted by Crippen LogP contribution is -2.31. The Morgan fingerprint density at radius 3 is 2.65 bits per heavy atom. The molecule has 0 amide bonds. The molecule has 0 radical (unpaired) electrons. The van der Waals surface area contributed by atoms with Crippen LogP contribution in [0.3, 0.4) is 0 Å². The lowest BCUT2D eigenvalue weighted by atomic mass is 10.1. The van der Waals surface area contributed by atoms with Gasteiger partial charge in [-0.25, -0.2) is 0 Å². The largest absolute Gasteiger partial charge is 0.493 e. The minimum atomic E-state index is 0.160. The van der Waals surface area contributed by atoms with Gasteiger partial charge < -0.3 is 15.2 Å². The minimum absolute atomic E-state index is 0.160. The van der Waals surface area contributed by atoms with E-state index in [9.17, 15) is 5.11 Å². The average molecular weight is 279 g/mol. The highest BCUT2D eigenvalue weighted by Gasteiger charge is 2.07. The Balaban J connectivity index is 2.42. The SMILES string of the molecule is CCCCCCOc1ccccc1CNC(CC)CO. The van der Waals surface area contributed by atoms with Gasteiger partial charge in [0.2, 0.25) is 0 Å². The van der Waals surface area contributed by atoms with Crippen LogP contribution >= 0.6 is 0 Å². The van der Waals surface area contributed by atoms with Crippen molar-refractivity contribution >= 4 is 0 Å². The first-order valence-corrected chi connectivity index (χ1v) is 7.86. The lowest BCUT2D eigenvalue weighted by Gasteiger charge is -2.16. The van der Waals surface area contributed by atoms with E-state index in [1.54, 1.807) is 0 Å². The van der Waals surface area contributed by atoms with Crippen molar-refractivity contribution in [2.24, 2.45) is 0 Å². The summed E-state index contributed by atoms with van der Waals surface area (Å²) in [5.74, 6) is 0.962. The molecule has 20 heavy (non-hydrogen) atoms. The van der Waals surface area contributed by atoms with Crippen LogP contribution in [-0.4, -0.2) is 24.4 Å². The topological polar surface area (TPSA) is 41.5 Å². The molecule has 0 bridgehead atoms. The number of benzene rings is 1. The Morgan fingerprint density at radius 1 is 1.15 bits per heavy atom. The number of nitrogens with one attached hydrogen (secondary N) is 1. The molecule has 0 aliphatic carbocycles. The number of ether oxygens (including phenoxy) is 1. The number of unbranched alkanes of at least 4 members (excludes halogenated alkanes) is 3. The second-order valence-electron chi connectivity index (χ2n) is 5.19. The molecule has 1 aromatic rings. The Hall–Kier alpha value is -1.06. The molecular formula is C17H29NO2. The maximum Gasteiger partial charge on any atom is 0.123 e. The van der Waals surface area contributed by atoms with Crippen molar-refractivity contribution in [3.8, 4) is 5.75 Å². The first-order valence-electron chi connectivity index (χ1n) is 7.86. The molecule has 1 rings (SSSR count). The van der Waals surface area contributed by atoms with Gasteiger partial charge in [0.25, 0.3) is 0 Å². The van der Waals surface area contributed by atoms with E-state index in [4.69, 9.17) is 4.74 Å². The molecule has 3 heteroatoms. The van der Waals surface area contributed by atoms with Crippen LogP contribution in [0, 0.1) is 0 Å². The molecule has 0 fully saturated rings. The van der Waals surface area contributed by atoms with Crippen molar-refractivity contribution < 1.29 is 9.84 Å². The molecule has 0 saturated carbocycles. The van der Waals surface area contributed by atoms with Crippen molar-refractivity contribution in [2.75, 3.05) is 13.2 Å². The van der Waals surface area contributed by atoms with Gasteiger partial charge in [0.05, 0.1) is 13.2 Å². The van der Waals surface area contributed by atoms with Gasteiger partial charge >= 0.3 is 0 Å². The fraction of sp³-hybridized carbons (Fsp3) is 0.647. The summed E-state index contributed by atoms with van der Waals surface area (Å²) in [7, 11) is 0. The van der Waals surface area contributed by atoms with Gasteiger partial charge in [-0.15, -0.1) is 0 Å². The fourth-order valence-electron chi connectivity index (χ4n) is 2.09. The van der Waals surface area contributed by atoms with E-state index in [2.05, 4.69) is 25.2 Å². The molecule has 1 atom stereocenters. The predicted molar refractivity (Wildman–Crippen MR) is 84.1 cm³/mol. The zero-order valence-corrected chi connectivity index (χ0v) is 12.9. The number of hydrogen-bond acceptors (Lipinski definition) is 3. The second-order valence-corrected chi connectivity index (χ2v) is 5.19. The number of rotatable bonds is 11. The van der Waals surface area contributed by atoms with Gasteiger partial charge in [-0.3, -0.25) is 0 Å². The van der Waals surface area contributed by atoms with E-state index < -0.39 is 0 Å². The van der Waals surface area contributed by atoms with Crippen LogP contribution < -0.4 is 10.1 Å².